The van der Waals surface area contributed by atoms with Gasteiger partial charge in [0, 0.05) is 26.3 Å². The molecule has 0 aliphatic carbocycles. The van der Waals surface area contributed by atoms with Crippen LogP contribution in [0.5, 0.6) is 0 Å². The number of hydrogen-bond donors (Lipinski definition) is 2. The van der Waals surface area contributed by atoms with Crippen molar-refractivity contribution >= 4 is 11.7 Å². The van der Waals surface area contributed by atoms with Gasteiger partial charge in [0.1, 0.15) is 5.82 Å². The molecular formula is C16H28N4O2. The number of carbonyl (C=O) groups excluding carboxylic acids is 1. The number of anilines is 1. The maximum Gasteiger partial charge on any atom is 0.242 e. The topological polar surface area (TPSA) is 82.2 Å². The number of hydrogen-bond acceptors (Lipinski definition) is 4. The van der Waals surface area contributed by atoms with Crippen molar-refractivity contribution in [2.45, 2.75) is 46.1 Å². The number of amides is 1. The number of carbonyl (C=O) groups is 1. The molecule has 1 saturated heterocycles. The molecule has 0 aromatic carbocycles. The first kappa shape index (κ1) is 17.0. The van der Waals surface area contributed by atoms with Crippen LogP contribution in [-0.2, 0) is 23.0 Å². The summed E-state index contributed by atoms with van der Waals surface area (Å²) in [5, 5.41) is 7.37. The van der Waals surface area contributed by atoms with Crippen LogP contribution in [0.3, 0.4) is 0 Å². The van der Waals surface area contributed by atoms with Crippen molar-refractivity contribution in [3.63, 3.8) is 0 Å². The summed E-state index contributed by atoms with van der Waals surface area (Å²) in [6.45, 7) is 7.88. The lowest BCUT2D eigenvalue weighted by atomic mass is 9.90. The van der Waals surface area contributed by atoms with Gasteiger partial charge in [-0.25, -0.2) is 0 Å². The van der Waals surface area contributed by atoms with E-state index in [1.807, 2.05) is 13.1 Å². The van der Waals surface area contributed by atoms with Gasteiger partial charge in [-0.1, -0.05) is 20.8 Å². The van der Waals surface area contributed by atoms with Gasteiger partial charge in [-0.05, 0) is 30.6 Å². The highest BCUT2D eigenvalue weighted by molar-refractivity contribution is 5.94. The lowest BCUT2D eigenvalue weighted by molar-refractivity contribution is -0.119. The first-order valence-corrected chi connectivity index (χ1v) is 7.93. The van der Waals surface area contributed by atoms with Gasteiger partial charge in [-0.2, -0.15) is 5.10 Å². The minimum absolute atomic E-state index is 0.141. The molecule has 0 radical (unpaired) electrons. The van der Waals surface area contributed by atoms with Crippen LogP contribution in [0, 0.1) is 11.3 Å². The summed E-state index contributed by atoms with van der Waals surface area (Å²) in [4.78, 5) is 12.3. The lowest BCUT2D eigenvalue weighted by Crippen LogP contribution is -2.44. The van der Waals surface area contributed by atoms with Gasteiger partial charge in [0.2, 0.25) is 5.91 Å². The fourth-order valence-electron chi connectivity index (χ4n) is 2.77. The van der Waals surface area contributed by atoms with Crippen LogP contribution in [-0.4, -0.2) is 34.9 Å². The van der Waals surface area contributed by atoms with Crippen molar-refractivity contribution < 1.29 is 9.53 Å². The van der Waals surface area contributed by atoms with Crippen molar-refractivity contribution in [3.8, 4) is 0 Å². The number of ether oxygens (including phenoxy) is 1. The predicted molar refractivity (Wildman–Crippen MR) is 86.5 cm³/mol. The Balaban J connectivity index is 1.98. The Morgan fingerprint density at radius 3 is 2.73 bits per heavy atom. The van der Waals surface area contributed by atoms with Crippen LogP contribution < -0.4 is 11.1 Å². The molecule has 1 unspecified atom stereocenters. The molecule has 0 spiro atoms. The van der Waals surface area contributed by atoms with E-state index in [1.165, 1.54) is 0 Å². The highest BCUT2D eigenvalue weighted by Crippen LogP contribution is 2.22. The minimum Gasteiger partial charge on any atom is -0.381 e. The summed E-state index contributed by atoms with van der Waals surface area (Å²) in [7, 11) is 1.84. The molecule has 1 aromatic rings. The van der Waals surface area contributed by atoms with Gasteiger partial charge in [0.15, 0.2) is 0 Å². The highest BCUT2D eigenvalue weighted by Gasteiger charge is 2.27. The standard InChI is InChI=1S/C16H28N4O2/c1-16(2,3)10-12-9-13(20(4)19-12)18-15(21)14(17)11-5-7-22-8-6-11/h9,11,14H,5-8,10,17H2,1-4H3,(H,18,21). The maximum absolute atomic E-state index is 12.3. The molecule has 1 aliphatic heterocycles. The average molecular weight is 308 g/mol. The number of nitrogens with one attached hydrogen (secondary N) is 1. The monoisotopic (exact) mass is 308 g/mol. The first-order chi connectivity index (χ1) is 10.3. The van der Waals surface area contributed by atoms with Gasteiger partial charge in [-0.15, -0.1) is 0 Å². The number of aryl methyl sites for hydroxylation is 1. The molecule has 3 N–H and O–H groups in total. The summed E-state index contributed by atoms with van der Waals surface area (Å²) < 4.78 is 7.02. The summed E-state index contributed by atoms with van der Waals surface area (Å²) in [5.74, 6) is 0.750. The number of rotatable bonds is 4. The SMILES string of the molecule is Cn1nc(CC(C)(C)C)cc1NC(=O)C(N)C1CCOCC1. The Morgan fingerprint density at radius 1 is 1.50 bits per heavy atom. The molecule has 1 amide bonds. The van der Waals surface area contributed by atoms with E-state index in [9.17, 15) is 4.79 Å². The molecule has 1 aromatic heterocycles. The van der Waals surface area contributed by atoms with E-state index in [2.05, 4.69) is 31.2 Å². The fourth-order valence-corrected chi connectivity index (χ4v) is 2.77. The van der Waals surface area contributed by atoms with Gasteiger partial charge in [-0.3, -0.25) is 9.48 Å². The number of nitrogens with zero attached hydrogens (tertiary/aromatic N) is 2. The van der Waals surface area contributed by atoms with Crippen molar-refractivity contribution in [1.82, 2.24) is 9.78 Å². The largest absolute Gasteiger partial charge is 0.381 e. The van der Waals surface area contributed by atoms with E-state index in [4.69, 9.17) is 10.5 Å². The zero-order valence-electron chi connectivity index (χ0n) is 14.1. The molecular weight excluding hydrogens is 280 g/mol. The first-order valence-electron chi connectivity index (χ1n) is 7.93. The maximum atomic E-state index is 12.3. The van der Waals surface area contributed by atoms with Crippen LogP contribution in [0.4, 0.5) is 5.82 Å². The Hall–Kier alpha value is -1.40. The molecule has 6 heteroatoms. The van der Waals surface area contributed by atoms with E-state index in [0.717, 1.165) is 25.0 Å². The highest BCUT2D eigenvalue weighted by atomic mass is 16.5. The Morgan fingerprint density at radius 2 is 2.14 bits per heavy atom. The average Bonchev–Trinajstić information content (AvgIpc) is 2.76. The summed E-state index contributed by atoms with van der Waals surface area (Å²) in [6, 6.07) is 1.43. The van der Waals surface area contributed by atoms with E-state index in [-0.39, 0.29) is 17.2 Å². The summed E-state index contributed by atoms with van der Waals surface area (Å²) in [5.41, 5.74) is 7.24. The minimum atomic E-state index is -0.495. The van der Waals surface area contributed by atoms with Gasteiger partial charge in [0.25, 0.3) is 0 Å². The summed E-state index contributed by atoms with van der Waals surface area (Å²) >= 11 is 0. The second-order valence-corrected chi connectivity index (χ2v) is 7.35. The lowest BCUT2D eigenvalue weighted by Gasteiger charge is -2.26. The van der Waals surface area contributed by atoms with Gasteiger partial charge in [0.05, 0.1) is 11.7 Å². The number of nitrogens with two attached hydrogens (primary N) is 1. The third kappa shape index (κ3) is 4.55. The van der Waals surface area contributed by atoms with Crippen molar-refractivity contribution in [2.24, 2.45) is 24.1 Å². The van der Waals surface area contributed by atoms with Crippen LogP contribution in [0.25, 0.3) is 0 Å². The van der Waals surface area contributed by atoms with Gasteiger partial charge >= 0.3 is 0 Å². The molecule has 1 atom stereocenters. The van der Waals surface area contributed by atoms with Crippen LogP contribution in [0.2, 0.25) is 0 Å². The zero-order chi connectivity index (χ0) is 16.3. The van der Waals surface area contributed by atoms with E-state index >= 15 is 0 Å². The van der Waals surface area contributed by atoms with Crippen molar-refractivity contribution in [2.75, 3.05) is 18.5 Å². The predicted octanol–water partition coefficient (Wildman–Crippen LogP) is 1.70. The van der Waals surface area contributed by atoms with Crippen molar-refractivity contribution in [3.05, 3.63) is 11.8 Å². The molecule has 1 fully saturated rings. The third-order valence-electron chi connectivity index (χ3n) is 3.97. The van der Waals surface area contributed by atoms with E-state index in [0.29, 0.717) is 19.0 Å². The van der Waals surface area contributed by atoms with Crippen LogP contribution in [0.1, 0.15) is 39.3 Å². The molecule has 6 nitrogen and oxygen atoms in total. The van der Waals surface area contributed by atoms with Crippen LogP contribution >= 0.6 is 0 Å². The fraction of sp³-hybridized carbons (Fsp3) is 0.750. The zero-order valence-corrected chi connectivity index (χ0v) is 14.1. The third-order valence-corrected chi connectivity index (χ3v) is 3.97. The normalized spacial score (nSPS) is 18.2. The molecule has 2 rings (SSSR count). The number of aromatic nitrogens is 2. The second-order valence-electron chi connectivity index (χ2n) is 7.35. The Labute approximate surface area is 132 Å². The molecule has 1 aliphatic rings. The molecule has 0 saturated carbocycles. The quantitative estimate of drug-likeness (QED) is 0.887. The van der Waals surface area contributed by atoms with E-state index in [1.54, 1.807) is 4.68 Å². The molecule has 124 valence electrons. The summed E-state index contributed by atoms with van der Waals surface area (Å²) in [6.07, 6.45) is 2.55. The molecule has 22 heavy (non-hydrogen) atoms. The Kier molecular flexibility index (Phi) is 5.24. The Bertz CT molecular complexity index is 513. The smallest absolute Gasteiger partial charge is 0.242 e. The van der Waals surface area contributed by atoms with Gasteiger partial charge < -0.3 is 15.8 Å². The second kappa shape index (κ2) is 6.79. The molecule has 0 bridgehead atoms. The van der Waals surface area contributed by atoms with E-state index < -0.39 is 6.04 Å². The molecule has 2 heterocycles. The van der Waals surface area contributed by atoms with Crippen LogP contribution in [0.15, 0.2) is 6.07 Å². The van der Waals surface area contributed by atoms with Crippen molar-refractivity contribution in [1.29, 1.82) is 0 Å².